The molecule has 0 bridgehead atoms. The van der Waals surface area contributed by atoms with Crippen molar-refractivity contribution in [2.45, 2.75) is 32.1 Å². The number of aromatic nitrogens is 1. The number of amides is 1. The van der Waals surface area contributed by atoms with Gasteiger partial charge in [-0.05, 0) is 41.8 Å². The van der Waals surface area contributed by atoms with Crippen LogP contribution in [0.5, 0.6) is 0 Å². The highest BCUT2D eigenvalue weighted by Crippen LogP contribution is 2.23. The highest BCUT2D eigenvalue weighted by atomic mass is 16.1. The molecule has 1 aliphatic rings. The Hall–Kier alpha value is -1.77. The molecular formula is C16H20N2O. The van der Waals surface area contributed by atoms with Crippen LogP contribution < -0.4 is 5.32 Å². The van der Waals surface area contributed by atoms with Crippen LogP contribution in [0.1, 0.15) is 31.2 Å². The second kappa shape index (κ2) is 5.47. The quantitative estimate of drug-likeness (QED) is 0.867. The third-order valence-electron chi connectivity index (χ3n) is 4.05. The minimum atomic E-state index is 0.137. The van der Waals surface area contributed by atoms with Crippen LogP contribution in [0.15, 0.2) is 30.5 Å². The first-order valence-electron chi connectivity index (χ1n) is 7.14. The topological polar surface area (TPSA) is 44.9 Å². The number of aromatic amines is 1. The van der Waals surface area contributed by atoms with E-state index in [1.807, 2.05) is 18.3 Å². The molecule has 1 aromatic heterocycles. The summed E-state index contributed by atoms with van der Waals surface area (Å²) >= 11 is 0. The first-order chi connectivity index (χ1) is 9.31. The van der Waals surface area contributed by atoms with Gasteiger partial charge in [0.15, 0.2) is 0 Å². The molecule has 2 N–H and O–H groups in total. The van der Waals surface area contributed by atoms with Crippen molar-refractivity contribution in [3.63, 3.8) is 0 Å². The van der Waals surface area contributed by atoms with Crippen LogP contribution in [-0.2, 0) is 11.2 Å². The van der Waals surface area contributed by atoms with Crippen LogP contribution in [0.2, 0.25) is 0 Å². The maximum Gasteiger partial charge on any atom is 0.224 e. The van der Waals surface area contributed by atoms with E-state index in [1.54, 1.807) is 0 Å². The van der Waals surface area contributed by atoms with Crippen molar-refractivity contribution < 1.29 is 4.79 Å². The second-order valence-electron chi connectivity index (χ2n) is 5.53. The minimum Gasteiger partial charge on any atom is -0.361 e. The van der Waals surface area contributed by atoms with E-state index < -0.39 is 0 Å². The molecule has 2 aromatic rings. The van der Waals surface area contributed by atoms with E-state index >= 15 is 0 Å². The summed E-state index contributed by atoms with van der Waals surface area (Å²) in [5.74, 6) is 0.840. The lowest BCUT2D eigenvalue weighted by Gasteiger charge is -2.10. The Bertz CT molecular complexity index is 567. The van der Waals surface area contributed by atoms with Gasteiger partial charge >= 0.3 is 0 Å². The second-order valence-corrected chi connectivity index (χ2v) is 5.53. The fourth-order valence-corrected chi connectivity index (χ4v) is 2.93. The number of H-pyrrole nitrogens is 1. The van der Waals surface area contributed by atoms with Crippen LogP contribution in [0.4, 0.5) is 0 Å². The lowest BCUT2D eigenvalue weighted by molar-refractivity contribution is -0.120. The largest absolute Gasteiger partial charge is 0.361 e. The van der Waals surface area contributed by atoms with Crippen LogP contribution >= 0.6 is 0 Å². The lowest BCUT2D eigenvalue weighted by Crippen LogP contribution is -2.29. The predicted molar refractivity (Wildman–Crippen MR) is 77.0 cm³/mol. The van der Waals surface area contributed by atoms with Crippen molar-refractivity contribution >= 4 is 16.8 Å². The molecule has 0 aliphatic heterocycles. The van der Waals surface area contributed by atoms with E-state index in [4.69, 9.17) is 0 Å². The Kier molecular flexibility index (Phi) is 3.53. The van der Waals surface area contributed by atoms with Gasteiger partial charge in [-0.15, -0.1) is 0 Å². The van der Waals surface area contributed by atoms with Crippen molar-refractivity contribution in [2.24, 2.45) is 5.92 Å². The van der Waals surface area contributed by atoms with Crippen LogP contribution in [0, 0.1) is 5.92 Å². The standard InChI is InChI=1S/C16H20N2O/c19-16(18-11-12-3-1-2-4-12)10-13-5-6-14-7-8-17-15(14)9-13/h5-9,12,17H,1-4,10-11H2,(H,18,19). The van der Waals surface area contributed by atoms with Crippen molar-refractivity contribution in [1.29, 1.82) is 0 Å². The molecule has 3 nitrogen and oxygen atoms in total. The van der Waals surface area contributed by atoms with E-state index in [0.29, 0.717) is 12.3 Å². The van der Waals surface area contributed by atoms with Crippen molar-refractivity contribution in [3.05, 3.63) is 36.0 Å². The van der Waals surface area contributed by atoms with Crippen LogP contribution in [0.25, 0.3) is 10.9 Å². The first kappa shape index (κ1) is 12.3. The SMILES string of the molecule is O=C(Cc1ccc2cc[nH]c2c1)NCC1CCCC1. The third-order valence-corrected chi connectivity index (χ3v) is 4.05. The fourth-order valence-electron chi connectivity index (χ4n) is 2.93. The average Bonchev–Trinajstić information content (AvgIpc) is 3.07. The Labute approximate surface area is 113 Å². The van der Waals surface area contributed by atoms with Gasteiger partial charge in [-0.25, -0.2) is 0 Å². The molecule has 0 radical (unpaired) electrons. The van der Waals surface area contributed by atoms with Gasteiger partial charge < -0.3 is 10.3 Å². The summed E-state index contributed by atoms with van der Waals surface area (Å²) in [6.45, 7) is 0.851. The minimum absolute atomic E-state index is 0.137. The lowest BCUT2D eigenvalue weighted by atomic mass is 10.1. The van der Waals surface area contributed by atoms with Gasteiger partial charge in [-0.2, -0.15) is 0 Å². The van der Waals surface area contributed by atoms with E-state index in [1.165, 1.54) is 31.1 Å². The highest BCUT2D eigenvalue weighted by molar-refractivity contribution is 5.83. The molecule has 1 amide bonds. The molecule has 100 valence electrons. The summed E-state index contributed by atoms with van der Waals surface area (Å²) in [7, 11) is 0. The number of fused-ring (bicyclic) bond motifs is 1. The van der Waals surface area contributed by atoms with Crippen LogP contribution in [-0.4, -0.2) is 17.4 Å². The van der Waals surface area contributed by atoms with Gasteiger partial charge in [0, 0.05) is 18.3 Å². The molecule has 1 aromatic carbocycles. The summed E-state index contributed by atoms with van der Waals surface area (Å²) in [5.41, 5.74) is 2.17. The summed E-state index contributed by atoms with van der Waals surface area (Å²) < 4.78 is 0. The van der Waals surface area contributed by atoms with Gasteiger partial charge in [0.2, 0.25) is 5.91 Å². The molecule has 3 heteroatoms. The summed E-state index contributed by atoms with van der Waals surface area (Å²) in [4.78, 5) is 15.1. The number of hydrogen-bond acceptors (Lipinski definition) is 1. The molecule has 1 aliphatic carbocycles. The summed E-state index contributed by atoms with van der Waals surface area (Å²) in [6.07, 6.45) is 7.59. The highest BCUT2D eigenvalue weighted by Gasteiger charge is 2.15. The smallest absolute Gasteiger partial charge is 0.224 e. The molecule has 19 heavy (non-hydrogen) atoms. The Morgan fingerprint density at radius 2 is 2.11 bits per heavy atom. The zero-order valence-electron chi connectivity index (χ0n) is 11.1. The number of benzene rings is 1. The number of hydrogen-bond donors (Lipinski definition) is 2. The molecule has 0 saturated heterocycles. The average molecular weight is 256 g/mol. The van der Waals surface area contributed by atoms with Gasteiger partial charge in [-0.3, -0.25) is 4.79 Å². The van der Waals surface area contributed by atoms with E-state index in [2.05, 4.69) is 22.4 Å². The first-order valence-corrected chi connectivity index (χ1v) is 7.14. The van der Waals surface area contributed by atoms with E-state index in [9.17, 15) is 4.79 Å². The Morgan fingerprint density at radius 1 is 1.26 bits per heavy atom. The fraction of sp³-hybridized carbons (Fsp3) is 0.438. The van der Waals surface area contributed by atoms with E-state index in [-0.39, 0.29) is 5.91 Å². The third kappa shape index (κ3) is 2.98. The monoisotopic (exact) mass is 256 g/mol. The van der Waals surface area contributed by atoms with Crippen molar-refractivity contribution in [2.75, 3.05) is 6.54 Å². The molecule has 3 rings (SSSR count). The molecule has 1 saturated carbocycles. The van der Waals surface area contributed by atoms with Crippen LogP contribution in [0.3, 0.4) is 0 Å². The zero-order valence-corrected chi connectivity index (χ0v) is 11.1. The molecular weight excluding hydrogens is 236 g/mol. The predicted octanol–water partition coefficient (Wildman–Crippen LogP) is 3.02. The molecule has 1 heterocycles. The number of carbonyl (C=O) groups excluding carboxylic acids is 1. The maximum absolute atomic E-state index is 11.9. The summed E-state index contributed by atoms with van der Waals surface area (Å²) in [5, 5.41) is 4.26. The Balaban J connectivity index is 1.55. The number of nitrogens with one attached hydrogen (secondary N) is 2. The van der Waals surface area contributed by atoms with Gasteiger partial charge in [0.25, 0.3) is 0 Å². The zero-order chi connectivity index (χ0) is 13.1. The molecule has 0 spiro atoms. The molecule has 0 atom stereocenters. The molecule has 0 unspecified atom stereocenters. The van der Waals surface area contributed by atoms with Gasteiger partial charge in [0.05, 0.1) is 6.42 Å². The number of carbonyl (C=O) groups is 1. The number of rotatable bonds is 4. The maximum atomic E-state index is 11.9. The van der Waals surface area contributed by atoms with E-state index in [0.717, 1.165) is 17.6 Å². The van der Waals surface area contributed by atoms with Crippen molar-refractivity contribution in [3.8, 4) is 0 Å². The van der Waals surface area contributed by atoms with Gasteiger partial charge in [0.1, 0.15) is 0 Å². The van der Waals surface area contributed by atoms with Crippen molar-refractivity contribution in [1.82, 2.24) is 10.3 Å². The normalized spacial score (nSPS) is 16.0. The molecule has 1 fully saturated rings. The Morgan fingerprint density at radius 3 is 2.95 bits per heavy atom. The van der Waals surface area contributed by atoms with Gasteiger partial charge in [-0.1, -0.05) is 25.0 Å². The summed E-state index contributed by atoms with van der Waals surface area (Å²) in [6, 6.07) is 8.19.